The van der Waals surface area contributed by atoms with Crippen molar-refractivity contribution in [1.29, 1.82) is 0 Å². The lowest BCUT2D eigenvalue weighted by Gasteiger charge is -2.33. The molecule has 1 N–H and O–H groups in total. The molecule has 4 nitrogen and oxygen atoms in total. The number of thiazole rings is 1. The van der Waals surface area contributed by atoms with Crippen LogP contribution in [0.15, 0.2) is 34.5 Å². The zero-order valence-corrected chi connectivity index (χ0v) is 14.9. The van der Waals surface area contributed by atoms with Crippen LogP contribution in [0, 0.1) is 0 Å². The van der Waals surface area contributed by atoms with E-state index < -0.39 is 16.9 Å². The molecule has 2 aromatic heterocycles. The van der Waals surface area contributed by atoms with Crippen LogP contribution in [0.3, 0.4) is 0 Å². The van der Waals surface area contributed by atoms with E-state index >= 15 is 0 Å². The predicted molar refractivity (Wildman–Crippen MR) is 98.1 cm³/mol. The van der Waals surface area contributed by atoms with Gasteiger partial charge in [-0.1, -0.05) is 6.07 Å². The van der Waals surface area contributed by atoms with Crippen molar-refractivity contribution in [3.8, 4) is 11.3 Å². The number of rotatable bonds is 3. The predicted octanol–water partition coefficient (Wildman–Crippen LogP) is 4.15. The zero-order valence-electron chi connectivity index (χ0n) is 13.2. The van der Waals surface area contributed by atoms with Crippen LogP contribution >= 0.6 is 22.1 Å². The number of hydrogen-bond donors (Lipinski definition) is 1. The zero-order chi connectivity index (χ0) is 16.7. The number of likely N-dealkylation sites (tertiary alicyclic amines) is 1. The molecule has 0 bridgehead atoms. The first-order valence-corrected chi connectivity index (χ1v) is 10.0. The molecule has 3 aromatic rings. The van der Waals surface area contributed by atoms with Gasteiger partial charge in [-0.15, -0.1) is 11.3 Å². The standard InChI is InChI=1S/C17H18FN3OS2/c1-21-6-5-14(13(18)7-21)20-15-4-2-3-11-12(9-24(22)17(11)15)16-8-23-10-19-16/h2-4,8-10,13-14,20H,5-7H2,1H3/t13-,14-,24?/m1/s1. The van der Waals surface area contributed by atoms with Crippen molar-refractivity contribution >= 4 is 37.9 Å². The highest BCUT2D eigenvalue weighted by Gasteiger charge is 2.29. The summed E-state index contributed by atoms with van der Waals surface area (Å²) >= 11 is 1.51. The Hall–Kier alpha value is -1.54. The third-order valence-corrected chi connectivity index (χ3v) is 6.40. The van der Waals surface area contributed by atoms with Crippen molar-refractivity contribution in [3.63, 3.8) is 0 Å². The number of alkyl halides is 1. The van der Waals surface area contributed by atoms with Crippen LogP contribution < -0.4 is 5.32 Å². The molecule has 0 saturated carbocycles. The molecule has 7 heteroatoms. The fourth-order valence-corrected chi connectivity index (χ4v) is 5.14. The Morgan fingerprint density at radius 3 is 3.08 bits per heavy atom. The van der Waals surface area contributed by atoms with Gasteiger partial charge in [0, 0.05) is 18.5 Å². The molecule has 1 aliphatic heterocycles. The van der Waals surface area contributed by atoms with E-state index in [2.05, 4.69) is 10.3 Å². The minimum absolute atomic E-state index is 0.243. The molecule has 0 aliphatic carbocycles. The lowest BCUT2D eigenvalue weighted by molar-refractivity contribution is 0.149. The molecule has 24 heavy (non-hydrogen) atoms. The first-order chi connectivity index (χ1) is 11.6. The number of thiophene rings is 1. The number of piperidine rings is 1. The van der Waals surface area contributed by atoms with Crippen LogP contribution in [0.4, 0.5) is 10.1 Å². The number of halogens is 1. The molecule has 3 heterocycles. The lowest BCUT2D eigenvalue weighted by Crippen LogP contribution is -2.46. The van der Waals surface area contributed by atoms with Gasteiger partial charge in [-0.05, 0) is 36.4 Å². The van der Waals surface area contributed by atoms with Gasteiger partial charge in [-0.2, -0.15) is 0 Å². The number of aromatic nitrogens is 1. The SMILES string of the molecule is CN1CC[C@@H](Nc2cccc3c(-c4cscn4)c[s+]([O-])c23)[C@H](F)C1. The Bertz CT molecular complexity index is 849. The molecular formula is C17H18FN3OS2. The molecule has 1 aromatic carbocycles. The minimum atomic E-state index is -1.24. The molecule has 1 unspecified atom stereocenters. The number of hydrogen-bond acceptors (Lipinski definition) is 5. The van der Waals surface area contributed by atoms with Gasteiger partial charge in [0.05, 0.1) is 33.9 Å². The maximum absolute atomic E-state index is 14.3. The average Bonchev–Trinajstić information content (AvgIpc) is 3.19. The number of fused-ring (bicyclic) bond motifs is 1. The molecular weight excluding hydrogens is 345 g/mol. The third kappa shape index (κ3) is 2.82. The van der Waals surface area contributed by atoms with Gasteiger partial charge < -0.3 is 14.8 Å². The Morgan fingerprint density at radius 2 is 2.33 bits per heavy atom. The smallest absolute Gasteiger partial charge is 0.203 e. The third-order valence-electron chi connectivity index (χ3n) is 4.52. The molecule has 1 aliphatic rings. The maximum Gasteiger partial charge on any atom is 0.203 e. The molecule has 0 amide bonds. The number of benzene rings is 1. The summed E-state index contributed by atoms with van der Waals surface area (Å²) in [7, 11) is 0.693. The second kappa shape index (κ2) is 6.40. The highest BCUT2D eigenvalue weighted by atomic mass is 32.2. The van der Waals surface area contributed by atoms with E-state index in [0.717, 1.165) is 40.0 Å². The normalized spacial score (nSPS) is 22.9. The van der Waals surface area contributed by atoms with Crippen LogP contribution in [0.25, 0.3) is 21.3 Å². The highest BCUT2D eigenvalue weighted by Crippen LogP contribution is 2.42. The second-order valence-electron chi connectivity index (χ2n) is 6.20. The summed E-state index contributed by atoms with van der Waals surface area (Å²) in [6.07, 6.45) is -0.194. The fourth-order valence-electron chi connectivity index (χ4n) is 3.27. The summed E-state index contributed by atoms with van der Waals surface area (Å²) < 4.78 is 27.7. The van der Waals surface area contributed by atoms with Crippen LogP contribution in [0.2, 0.25) is 0 Å². The van der Waals surface area contributed by atoms with Gasteiger partial charge in [0.15, 0.2) is 0 Å². The van der Waals surface area contributed by atoms with Crippen molar-refractivity contribution in [2.45, 2.75) is 18.6 Å². The molecule has 126 valence electrons. The first kappa shape index (κ1) is 16.0. The van der Waals surface area contributed by atoms with Gasteiger partial charge in [-0.25, -0.2) is 9.37 Å². The van der Waals surface area contributed by atoms with Gasteiger partial charge in [0.2, 0.25) is 4.70 Å². The second-order valence-corrected chi connectivity index (χ2v) is 8.16. The largest absolute Gasteiger partial charge is 0.590 e. The number of anilines is 1. The van der Waals surface area contributed by atoms with Gasteiger partial charge in [-0.3, -0.25) is 0 Å². The van der Waals surface area contributed by atoms with Crippen LogP contribution in [0.1, 0.15) is 6.42 Å². The van der Waals surface area contributed by atoms with Crippen molar-refractivity contribution in [2.24, 2.45) is 0 Å². The monoisotopic (exact) mass is 363 g/mol. The van der Waals surface area contributed by atoms with Gasteiger partial charge >= 0.3 is 0 Å². The van der Waals surface area contributed by atoms with Crippen molar-refractivity contribution in [2.75, 3.05) is 25.5 Å². The number of nitrogens with zero attached hydrogens (tertiary/aromatic N) is 2. The van der Waals surface area contributed by atoms with Crippen molar-refractivity contribution in [1.82, 2.24) is 9.88 Å². The molecule has 0 radical (unpaired) electrons. The highest BCUT2D eigenvalue weighted by molar-refractivity contribution is 7.31. The van der Waals surface area contributed by atoms with E-state index in [1.165, 1.54) is 11.3 Å². The van der Waals surface area contributed by atoms with E-state index in [4.69, 9.17) is 0 Å². The Kier molecular flexibility index (Phi) is 4.26. The van der Waals surface area contributed by atoms with E-state index in [-0.39, 0.29) is 6.04 Å². The van der Waals surface area contributed by atoms with E-state index in [1.54, 1.807) is 10.9 Å². The molecule has 0 spiro atoms. The molecule has 1 fully saturated rings. The summed E-state index contributed by atoms with van der Waals surface area (Å²) in [4.78, 5) is 6.33. The minimum Gasteiger partial charge on any atom is -0.590 e. The van der Waals surface area contributed by atoms with Crippen LogP contribution in [0.5, 0.6) is 0 Å². The lowest BCUT2D eigenvalue weighted by atomic mass is 10.0. The maximum atomic E-state index is 14.3. The summed E-state index contributed by atoms with van der Waals surface area (Å²) in [5.41, 5.74) is 4.27. The van der Waals surface area contributed by atoms with E-state index in [0.29, 0.717) is 6.54 Å². The van der Waals surface area contributed by atoms with E-state index in [9.17, 15) is 8.94 Å². The average molecular weight is 363 g/mol. The van der Waals surface area contributed by atoms with E-state index in [1.807, 2.05) is 35.5 Å². The number of nitrogens with one attached hydrogen (secondary N) is 1. The van der Waals surface area contributed by atoms with Crippen LogP contribution in [-0.4, -0.2) is 46.8 Å². The van der Waals surface area contributed by atoms with Crippen LogP contribution in [-0.2, 0) is 0 Å². The summed E-state index contributed by atoms with van der Waals surface area (Å²) in [5.74, 6) is 0. The first-order valence-electron chi connectivity index (χ1n) is 7.87. The summed E-state index contributed by atoms with van der Waals surface area (Å²) in [6.45, 7) is 1.29. The summed E-state index contributed by atoms with van der Waals surface area (Å²) in [6, 6.07) is 5.53. The summed E-state index contributed by atoms with van der Waals surface area (Å²) in [5, 5.41) is 7.92. The fraction of sp³-hybridized carbons (Fsp3) is 0.353. The van der Waals surface area contributed by atoms with Crippen molar-refractivity contribution < 1.29 is 8.94 Å². The topological polar surface area (TPSA) is 51.2 Å². The van der Waals surface area contributed by atoms with Gasteiger partial charge in [0.25, 0.3) is 0 Å². The Balaban J connectivity index is 1.72. The quantitative estimate of drug-likeness (QED) is 0.711. The molecule has 3 atom stereocenters. The molecule has 1 saturated heterocycles. The molecule has 4 rings (SSSR count). The Morgan fingerprint density at radius 1 is 1.46 bits per heavy atom. The van der Waals surface area contributed by atoms with Gasteiger partial charge in [0.1, 0.15) is 11.6 Å². The Labute approximate surface area is 146 Å². The van der Waals surface area contributed by atoms with Crippen molar-refractivity contribution in [3.05, 3.63) is 34.5 Å².